The molecule has 0 radical (unpaired) electrons. The summed E-state index contributed by atoms with van der Waals surface area (Å²) in [4.78, 5) is 2.43. The van der Waals surface area contributed by atoms with E-state index in [-0.39, 0.29) is 0 Å². The van der Waals surface area contributed by atoms with E-state index in [1.54, 1.807) is 7.11 Å². The van der Waals surface area contributed by atoms with E-state index in [1.165, 1.54) is 5.56 Å². The average Bonchev–Trinajstić information content (AvgIpc) is 2.39. The standard InChI is InChI=1S/C16H27NO2/c1-6-14(4)17(7-8-19-5)11-15-9-12(2)16(18)13(3)10-15/h9-10,14,18H,6-8,11H2,1-5H3. The van der Waals surface area contributed by atoms with Gasteiger partial charge in [0.1, 0.15) is 5.75 Å². The second-order valence-electron chi connectivity index (χ2n) is 5.30. The predicted molar refractivity (Wildman–Crippen MR) is 79.6 cm³/mol. The molecule has 0 bridgehead atoms. The molecular weight excluding hydrogens is 238 g/mol. The van der Waals surface area contributed by atoms with Crippen LogP contribution < -0.4 is 0 Å². The Labute approximate surface area is 117 Å². The lowest BCUT2D eigenvalue weighted by Gasteiger charge is -2.28. The van der Waals surface area contributed by atoms with E-state index < -0.39 is 0 Å². The van der Waals surface area contributed by atoms with Crippen LogP contribution in [0.15, 0.2) is 12.1 Å². The SMILES string of the molecule is CCC(C)N(CCOC)Cc1cc(C)c(O)c(C)c1. The molecule has 0 aliphatic rings. The Balaban J connectivity index is 2.83. The summed E-state index contributed by atoms with van der Waals surface area (Å²) in [7, 11) is 1.74. The highest BCUT2D eigenvalue weighted by Crippen LogP contribution is 2.24. The number of aromatic hydroxyl groups is 1. The first-order valence-corrected chi connectivity index (χ1v) is 7.01. The van der Waals surface area contributed by atoms with Crippen LogP contribution in [0.25, 0.3) is 0 Å². The highest BCUT2D eigenvalue weighted by atomic mass is 16.5. The Kier molecular flexibility index (Phi) is 6.32. The lowest BCUT2D eigenvalue weighted by Crippen LogP contribution is -2.34. The van der Waals surface area contributed by atoms with Gasteiger partial charge in [-0.05, 0) is 43.9 Å². The normalized spacial score (nSPS) is 12.9. The molecule has 0 aromatic heterocycles. The smallest absolute Gasteiger partial charge is 0.121 e. The maximum absolute atomic E-state index is 9.83. The quantitative estimate of drug-likeness (QED) is 0.821. The number of rotatable bonds is 7. The zero-order valence-electron chi connectivity index (χ0n) is 12.9. The topological polar surface area (TPSA) is 32.7 Å². The zero-order chi connectivity index (χ0) is 14.4. The van der Waals surface area contributed by atoms with Crippen LogP contribution in [0.4, 0.5) is 0 Å². The monoisotopic (exact) mass is 265 g/mol. The molecule has 0 saturated carbocycles. The Hall–Kier alpha value is -1.06. The molecule has 1 aromatic carbocycles. The van der Waals surface area contributed by atoms with E-state index in [1.807, 2.05) is 13.8 Å². The van der Waals surface area contributed by atoms with Gasteiger partial charge >= 0.3 is 0 Å². The maximum atomic E-state index is 9.83. The van der Waals surface area contributed by atoms with Crippen LogP contribution in [0, 0.1) is 13.8 Å². The molecule has 108 valence electrons. The number of hydrogen-bond acceptors (Lipinski definition) is 3. The molecule has 0 aliphatic heterocycles. The van der Waals surface area contributed by atoms with Crippen molar-refractivity contribution < 1.29 is 9.84 Å². The summed E-state index contributed by atoms with van der Waals surface area (Å²) in [5, 5.41) is 9.83. The largest absolute Gasteiger partial charge is 0.507 e. The van der Waals surface area contributed by atoms with Crippen LogP contribution in [0.5, 0.6) is 5.75 Å². The Morgan fingerprint density at radius 2 is 1.84 bits per heavy atom. The lowest BCUT2D eigenvalue weighted by molar-refractivity contribution is 0.118. The van der Waals surface area contributed by atoms with Crippen LogP contribution in [-0.2, 0) is 11.3 Å². The highest BCUT2D eigenvalue weighted by molar-refractivity contribution is 5.42. The zero-order valence-corrected chi connectivity index (χ0v) is 12.9. The molecule has 3 heteroatoms. The number of aryl methyl sites for hydroxylation is 2. The van der Waals surface area contributed by atoms with E-state index in [0.29, 0.717) is 11.8 Å². The van der Waals surface area contributed by atoms with Gasteiger partial charge in [0, 0.05) is 26.2 Å². The average molecular weight is 265 g/mol. The van der Waals surface area contributed by atoms with Crippen molar-refractivity contribution >= 4 is 0 Å². The number of methoxy groups -OCH3 is 1. The molecule has 1 unspecified atom stereocenters. The van der Waals surface area contributed by atoms with Crippen molar-refractivity contribution in [3.05, 3.63) is 28.8 Å². The number of benzene rings is 1. The number of ether oxygens (including phenoxy) is 1. The van der Waals surface area contributed by atoms with Gasteiger partial charge in [-0.3, -0.25) is 4.90 Å². The van der Waals surface area contributed by atoms with Gasteiger partial charge in [0.15, 0.2) is 0 Å². The third kappa shape index (κ3) is 4.51. The number of phenols is 1. The van der Waals surface area contributed by atoms with Crippen molar-refractivity contribution in [2.75, 3.05) is 20.3 Å². The van der Waals surface area contributed by atoms with Crippen LogP contribution in [0.3, 0.4) is 0 Å². The first kappa shape index (κ1) is 16.0. The summed E-state index contributed by atoms with van der Waals surface area (Å²) >= 11 is 0. The second kappa shape index (κ2) is 7.51. The molecule has 19 heavy (non-hydrogen) atoms. The van der Waals surface area contributed by atoms with E-state index in [0.717, 1.165) is 37.2 Å². The fourth-order valence-electron chi connectivity index (χ4n) is 2.29. The van der Waals surface area contributed by atoms with Crippen LogP contribution in [0.2, 0.25) is 0 Å². The number of hydrogen-bond donors (Lipinski definition) is 1. The molecule has 0 saturated heterocycles. The third-order valence-corrected chi connectivity index (χ3v) is 3.73. The van der Waals surface area contributed by atoms with Crippen molar-refractivity contribution in [1.82, 2.24) is 4.90 Å². The molecule has 0 aliphatic carbocycles. The highest BCUT2D eigenvalue weighted by Gasteiger charge is 2.13. The number of nitrogens with zero attached hydrogens (tertiary/aromatic N) is 1. The van der Waals surface area contributed by atoms with Crippen LogP contribution >= 0.6 is 0 Å². The second-order valence-corrected chi connectivity index (χ2v) is 5.30. The van der Waals surface area contributed by atoms with Crippen molar-refractivity contribution in [3.63, 3.8) is 0 Å². The van der Waals surface area contributed by atoms with Crippen molar-refractivity contribution in [3.8, 4) is 5.75 Å². The molecule has 0 spiro atoms. The molecule has 0 heterocycles. The van der Waals surface area contributed by atoms with E-state index >= 15 is 0 Å². The Bertz CT molecular complexity index is 381. The van der Waals surface area contributed by atoms with Gasteiger partial charge in [0.2, 0.25) is 0 Å². The molecule has 1 N–H and O–H groups in total. The fraction of sp³-hybridized carbons (Fsp3) is 0.625. The van der Waals surface area contributed by atoms with E-state index in [9.17, 15) is 5.11 Å². The van der Waals surface area contributed by atoms with Gasteiger partial charge in [0.05, 0.1) is 6.61 Å². The van der Waals surface area contributed by atoms with Crippen molar-refractivity contribution in [1.29, 1.82) is 0 Å². The number of phenolic OH excluding ortho intramolecular Hbond substituents is 1. The first-order valence-electron chi connectivity index (χ1n) is 7.01. The summed E-state index contributed by atoms with van der Waals surface area (Å²) in [6.07, 6.45) is 1.12. The van der Waals surface area contributed by atoms with Gasteiger partial charge in [-0.25, -0.2) is 0 Å². The Morgan fingerprint density at radius 3 is 2.32 bits per heavy atom. The first-order chi connectivity index (χ1) is 8.99. The maximum Gasteiger partial charge on any atom is 0.121 e. The molecule has 0 amide bonds. The third-order valence-electron chi connectivity index (χ3n) is 3.73. The Morgan fingerprint density at radius 1 is 1.26 bits per heavy atom. The van der Waals surface area contributed by atoms with E-state index in [4.69, 9.17) is 4.74 Å². The summed E-state index contributed by atoms with van der Waals surface area (Å²) in [6, 6.07) is 4.68. The lowest BCUT2D eigenvalue weighted by atomic mass is 10.0. The minimum atomic E-state index is 0.413. The van der Waals surface area contributed by atoms with Crippen LogP contribution in [0.1, 0.15) is 37.0 Å². The van der Waals surface area contributed by atoms with E-state index in [2.05, 4.69) is 30.9 Å². The van der Waals surface area contributed by atoms with Gasteiger partial charge < -0.3 is 9.84 Å². The molecule has 1 aromatic rings. The van der Waals surface area contributed by atoms with Gasteiger partial charge in [-0.15, -0.1) is 0 Å². The van der Waals surface area contributed by atoms with Gasteiger partial charge in [0.25, 0.3) is 0 Å². The van der Waals surface area contributed by atoms with Gasteiger partial charge in [-0.2, -0.15) is 0 Å². The molecule has 3 nitrogen and oxygen atoms in total. The van der Waals surface area contributed by atoms with Crippen LogP contribution in [-0.4, -0.2) is 36.3 Å². The summed E-state index contributed by atoms with van der Waals surface area (Å²) in [5.74, 6) is 0.413. The molecule has 1 atom stereocenters. The summed E-state index contributed by atoms with van der Waals surface area (Å²) in [5.41, 5.74) is 3.15. The van der Waals surface area contributed by atoms with Crippen molar-refractivity contribution in [2.45, 2.75) is 46.7 Å². The molecule has 0 fully saturated rings. The molecular formula is C16H27NO2. The summed E-state index contributed by atoms with van der Waals surface area (Å²) in [6.45, 7) is 10.9. The van der Waals surface area contributed by atoms with Gasteiger partial charge in [-0.1, -0.05) is 19.1 Å². The van der Waals surface area contributed by atoms with Crippen molar-refractivity contribution in [2.24, 2.45) is 0 Å². The molecule has 1 rings (SSSR count). The fourth-order valence-corrected chi connectivity index (χ4v) is 2.29. The minimum Gasteiger partial charge on any atom is -0.507 e. The predicted octanol–water partition coefficient (Wildman–Crippen LogP) is 3.26. The summed E-state index contributed by atoms with van der Waals surface area (Å²) < 4.78 is 5.19. The minimum absolute atomic E-state index is 0.413.